The molecule has 0 bridgehead atoms. The summed E-state index contributed by atoms with van der Waals surface area (Å²) in [6, 6.07) is 3.69. The Kier molecular flexibility index (Phi) is 4.87. The number of ketones is 1. The summed E-state index contributed by atoms with van der Waals surface area (Å²) in [6.07, 6.45) is 3.96. The van der Waals surface area contributed by atoms with Gasteiger partial charge < -0.3 is 5.11 Å². The minimum absolute atomic E-state index is 0.0731. The topological polar surface area (TPSA) is 50.2 Å². The van der Waals surface area contributed by atoms with Gasteiger partial charge in [0.1, 0.15) is 11.5 Å². The van der Waals surface area contributed by atoms with Crippen LogP contribution in [0.2, 0.25) is 0 Å². The van der Waals surface area contributed by atoms with Crippen molar-refractivity contribution < 1.29 is 9.90 Å². The molecule has 0 amide bonds. The standard InChI is InChI=1S/C16H23NO2/c1-11(2)8-12-6-7-13(17-10-12)14(18)9-15(19)16(3,4)5/h6-7,9-11,18H,8H2,1-5H3. The van der Waals surface area contributed by atoms with Crippen LogP contribution in [0.4, 0.5) is 0 Å². The van der Waals surface area contributed by atoms with Gasteiger partial charge in [-0.2, -0.15) is 0 Å². The van der Waals surface area contributed by atoms with Crippen LogP contribution in [0.25, 0.3) is 5.76 Å². The Morgan fingerprint density at radius 2 is 2.00 bits per heavy atom. The maximum atomic E-state index is 11.8. The zero-order chi connectivity index (χ0) is 14.6. The largest absolute Gasteiger partial charge is 0.506 e. The Morgan fingerprint density at radius 3 is 2.42 bits per heavy atom. The average molecular weight is 261 g/mol. The van der Waals surface area contributed by atoms with Gasteiger partial charge in [0.05, 0.1) is 0 Å². The highest BCUT2D eigenvalue weighted by molar-refractivity contribution is 5.98. The quantitative estimate of drug-likeness (QED) is 0.662. The van der Waals surface area contributed by atoms with Crippen molar-refractivity contribution in [2.24, 2.45) is 11.3 Å². The first-order valence-corrected chi connectivity index (χ1v) is 6.60. The van der Waals surface area contributed by atoms with Crippen LogP contribution in [0, 0.1) is 11.3 Å². The van der Waals surface area contributed by atoms with Gasteiger partial charge >= 0.3 is 0 Å². The second kappa shape index (κ2) is 6.00. The Labute approximate surface area is 115 Å². The normalized spacial score (nSPS) is 12.8. The first-order chi connectivity index (χ1) is 8.70. The SMILES string of the molecule is CC(C)Cc1ccc(C(O)=CC(=O)C(C)(C)C)nc1. The Balaban J connectivity index is 2.86. The Bertz CT molecular complexity index is 465. The second-order valence-electron chi connectivity index (χ2n) is 6.29. The number of aliphatic hydroxyl groups is 1. The van der Waals surface area contributed by atoms with Gasteiger partial charge in [-0.1, -0.05) is 40.7 Å². The molecule has 0 atom stereocenters. The van der Waals surface area contributed by atoms with E-state index in [4.69, 9.17) is 0 Å². The molecule has 0 aliphatic heterocycles. The molecule has 0 unspecified atom stereocenters. The number of carbonyl (C=O) groups is 1. The molecule has 19 heavy (non-hydrogen) atoms. The molecule has 0 fully saturated rings. The number of nitrogens with zero attached hydrogens (tertiary/aromatic N) is 1. The monoisotopic (exact) mass is 261 g/mol. The lowest BCUT2D eigenvalue weighted by atomic mass is 9.90. The summed E-state index contributed by atoms with van der Waals surface area (Å²) in [5.74, 6) is 0.383. The molecule has 0 spiro atoms. The summed E-state index contributed by atoms with van der Waals surface area (Å²) in [5, 5.41) is 9.90. The third-order valence-corrected chi connectivity index (χ3v) is 2.74. The molecule has 0 aliphatic carbocycles. The number of hydrogen-bond acceptors (Lipinski definition) is 3. The molecule has 1 aromatic rings. The number of carbonyl (C=O) groups excluding carboxylic acids is 1. The zero-order valence-electron chi connectivity index (χ0n) is 12.4. The van der Waals surface area contributed by atoms with Crippen molar-refractivity contribution in [3.8, 4) is 0 Å². The molecule has 0 radical (unpaired) electrons. The van der Waals surface area contributed by atoms with E-state index in [0.29, 0.717) is 11.6 Å². The Morgan fingerprint density at radius 1 is 1.37 bits per heavy atom. The first kappa shape index (κ1) is 15.4. The van der Waals surface area contributed by atoms with E-state index in [2.05, 4.69) is 18.8 Å². The van der Waals surface area contributed by atoms with Crippen molar-refractivity contribution in [2.75, 3.05) is 0 Å². The summed E-state index contributed by atoms with van der Waals surface area (Å²) in [4.78, 5) is 16.0. The van der Waals surface area contributed by atoms with Crippen LogP contribution in [0.5, 0.6) is 0 Å². The first-order valence-electron chi connectivity index (χ1n) is 6.60. The zero-order valence-corrected chi connectivity index (χ0v) is 12.4. The predicted octanol–water partition coefficient (Wildman–Crippen LogP) is 3.79. The smallest absolute Gasteiger partial charge is 0.164 e. The number of pyridine rings is 1. The van der Waals surface area contributed by atoms with Crippen LogP contribution in [0.15, 0.2) is 24.4 Å². The predicted molar refractivity (Wildman–Crippen MR) is 77.8 cm³/mol. The minimum Gasteiger partial charge on any atom is -0.506 e. The van der Waals surface area contributed by atoms with Crippen molar-refractivity contribution >= 4 is 11.5 Å². The lowest BCUT2D eigenvalue weighted by Gasteiger charge is -2.13. The summed E-state index contributed by atoms with van der Waals surface area (Å²) in [6.45, 7) is 9.75. The molecule has 0 saturated heterocycles. The van der Waals surface area contributed by atoms with Gasteiger partial charge in [-0.25, -0.2) is 0 Å². The van der Waals surface area contributed by atoms with Gasteiger partial charge in [0, 0.05) is 17.7 Å². The van der Waals surface area contributed by atoms with Gasteiger partial charge in [-0.15, -0.1) is 0 Å². The number of aromatic nitrogens is 1. The maximum absolute atomic E-state index is 11.8. The summed E-state index contributed by atoms with van der Waals surface area (Å²) >= 11 is 0. The van der Waals surface area contributed by atoms with E-state index < -0.39 is 5.41 Å². The highest BCUT2D eigenvalue weighted by atomic mass is 16.3. The van der Waals surface area contributed by atoms with E-state index in [1.165, 1.54) is 6.08 Å². The third-order valence-electron chi connectivity index (χ3n) is 2.74. The molecular formula is C16H23NO2. The number of aliphatic hydroxyl groups excluding tert-OH is 1. The van der Waals surface area contributed by atoms with Gasteiger partial charge in [0.25, 0.3) is 0 Å². The van der Waals surface area contributed by atoms with E-state index in [1.54, 1.807) is 12.3 Å². The second-order valence-corrected chi connectivity index (χ2v) is 6.29. The molecule has 3 heteroatoms. The van der Waals surface area contributed by atoms with Crippen LogP contribution in [0.3, 0.4) is 0 Å². The van der Waals surface area contributed by atoms with Crippen LogP contribution in [0.1, 0.15) is 45.9 Å². The van der Waals surface area contributed by atoms with Crippen molar-refractivity contribution in [3.05, 3.63) is 35.7 Å². The van der Waals surface area contributed by atoms with E-state index >= 15 is 0 Å². The third kappa shape index (κ3) is 4.86. The molecule has 1 rings (SSSR count). The van der Waals surface area contributed by atoms with Crippen molar-refractivity contribution in [1.82, 2.24) is 4.98 Å². The van der Waals surface area contributed by atoms with Crippen molar-refractivity contribution in [1.29, 1.82) is 0 Å². The summed E-state index contributed by atoms with van der Waals surface area (Å²) < 4.78 is 0. The van der Waals surface area contributed by atoms with Crippen LogP contribution >= 0.6 is 0 Å². The Hall–Kier alpha value is -1.64. The minimum atomic E-state index is -0.494. The van der Waals surface area contributed by atoms with Crippen LogP contribution < -0.4 is 0 Å². The lowest BCUT2D eigenvalue weighted by Crippen LogP contribution is -2.17. The van der Waals surface area contributed by atoms with E-state index in [1.807, 2.05) is 26.8 Å². The molecule has 104 valence electrons. The molecule has 1 N–H and O–H groups in total. The van der Waals surface area contributed by atoms with Crippen LogP contribution in [-0.2, 0) is 11.2 Å². The number of rotatable bonds is 4. The van der Waals surface area contributed by atoms with Crippen LogP contribution in [-0.4, -0.2) is 15.9 Å². The van der Waals surface area contributed by atoms with Gasteiger partial charge in [-0.05, 0) is 24.0 Å². The van der Waals surface area contributed by atoms with Gasteiger partial charge in [0.2, 0.25) is 0 Å². The van der Waals surface area contributed by atoms with Crippen molar-refractivity contribution in [2.45, 2.75) is 41.0 Å². The van der Waals surface area contributed by atoms with Gasteiger partial charge in [0.15, 0.2) is 5.78 Å². The fourth-order valence-corrected chi connectivity index (χ4v) is 1.58. The molecule has 1 aromatic heterocycles. The lowest BCUT2D eigenvalue weighted by molar-refractivity contribution is -0.121. The average Bonchev–Trinajstić information content (AvgIpc) is 2.27. The molecular weight excluding hydrogens is 238 g/mol. The highest BCUT2D eigenvalue weighted by Crippen LogP contribution is 2.18. The summed E-state index contributed by atoms with van der Waals surface area (Å²) in [7, 11) is 0. The fraction of sp³-hybridized carbons (Fsp3) is 0.500. The molecule has 0 aliphatic rings. The van der Waals surface area contributed by atoms with E-state index in [9.17, 15) is 9.90 Å². The summed E-state index contributed by atoms with van der Waals surface area (Å²) in [5.41, 5.74) is 1.07. The highest BCUT2D eigenvalue weighted by Gasteiger charge is 2.20. The van der Waals surface area contributed by atoms with Gasteiger partial charge in [-0.3, -0.25) is 9.78 Å². The maximum Gasteiger partial charge on any atom is 0.164 e. The number of hydrogen-bond donors (Lipinski definition) is 1. The van der Waals surface area contributed by atoms with E-state index in [-0.39, 0.29) is 11.5 Å². The molecule has 0 saturated carbocycles. The molecule has 0 aromatic carbocycles. The van der Waals surface area contributed by atoms with E-state index in [0.717, 1.165) is 12.0 Å². The fourth-order valence-electron chi connectivity index (χ4n) is 1.58. The molecule has 3 nitrogen and oxygen atoms in total. The van der Waals surface area contributed by atoms with Crippen molar-refractivity contribution in [3.63, 3.8) is 0 Å². The number of allylic oxidation sites excluding steroid dienone is 1. The molecule has 1 heterocycles.